The maximum Gasteiger partial charge on any atom is 0.0741 e. The van der Waals surface area contributed by atoms with E-state index < -0.39 is 0 Å². The van der Waals surface area contributed by atoms with Crippen molar-refractivity contribution >= 4 is 0 Å². The molecule has 3 rings (SSSR count). The molecular formula is C15H25N3O2. The van der Waals surface area contributed by atoms with E-state index in [0.29, 0.717) is 6.04 Å². The van der Waals surface area contributed by atoms with Crippen molar-refractivity contribution in [1.29, 1.82) is 0 Å². The molecule has 112 valence electrons. The Hall–Kier alpha value is -0.910. The molecule has 2 fully saturated rings. The summed E-state index contributed by atoms with van der Waals surface area (Å²) in [5.41, 5.74) is 1.37. The number of hydrogen-bond acceptors (Lipinski definition) is 4. The summed E-state index contributed by atoms with van der Waals surface area (Å²) in [5.74, 6) is 0. The molecule has 1 aromatic heterocycles. The lowest BCUT2D eigenvalue weighted by molar-refractivity contribution is -0.140. The predicted molar refractivity (Wildman–Crippen MR) is 76.7 cm³/mol. The standard InChI is InChI=1S/C15H25N3O2/c1-18-14(3-8-17-18)2-7-16-13-4-9-20-15(12-13)5-10-19-11-6-15/h3,8,13,16H,2,4-7,9-12H2,1H3/t13-/m0/s1. The van der Waals surface area contributed by atoms with Gasteiger partial charge in [-0.2, -0.15) is 5.10 Å². The molecule has 5 nitrogen and oxygen atoms in total. The van der Waals surface area contributed by atoms with E-state index in [4.69, 9.17) is 9.47 Å². The smallest absolute Gasteiger partial charge is 0.0741 e. The van der Waals surface area contributed by atoms with Crippen molar-refractivity contribution in [2.45, 2.75) is 43.7 Å². The Labute approximate surface area is 120 Å². The largest absolute Gasteiger partial charge is 0.381 e. The third kappa shape index (κ3) is 3.22. The summed E-state index contributed by atoms with van der Waals surface area (Å²) in [4.78, 5) is 0. The van der Waals surface area contributed by atoms with E-state index in [1.54, 1.807) is 0 Å². The topological polar surface area (TPSA) is 48.3 Å². The van der Waals surface area contributed by atoms with Crippen molar-refractivity contribution in [3.05, 3.63) is 18.0 Å². The Morgan fingerprint density at radius 1 is 1.40 bits per heavy atom. The van der Waals surface area contributed by atoms with Gasteiger partial charge < -0.3 is 14.8 Å². The molecule has 1 aromatic rings. The summed E-state index contributed by atoms with van der Waals surface area (Å²) in [6.45, 7) is 3.59. The fraction of sp³-hybridized carbons (Fsp3) is 0.800. The molecule has 0 saturated carbocycles. The highest BCUT2D eigenvalue weighted by Gasteiger charge is 2.38. The normalized spacial score (nSPS) is 25.9. The average molecular weight is 279 g/mol. The van der Waals surface area contributed by atoms with Gasteiger partial charge in [-0.3, -0.25) is 4.68 Å². The van der Waals surface area contributed by atoms with Crippen LogP contribution in [0.25, 0.3) is 0 Å². The molecule has 0 unspecified atom stereocenters. The Bertz CT molecular complexity index is 421. The Morgan fingerprint density at radius 3 is 3.00 bits per heavy atom. The first kappa shape index (κ1) is 14.0. The van der Waals surface area contributed by atoms with Gasteiger partial charge in [0.25, 0.3) is 0 Å². The van der Waals surface area contributed by atoms with Gasteiger partial charge in [0, 0.05) is 57.8 Å². The van der Waals surface area contributed by atoms with E-state index in [0.717, 1.165) is 58.5 Å². The zero-order chi connectivity index (χ0) is 13.8. The number of aryl methyl sites for hydroxylation is 1. The molecule has 2 saturated heterocycles. The van der Waals surface area contributed by atoms with Crippen LogP contribution in [-0.4, -0.2) is 47.8 Å². The molecule has 0 aromatic carbocycles. The van der Waals surface area contributed by atoms with E-state index in [1.165, 1.54) is 5.69 Å². The Morgan fingerprint density at radius 2 is 2.25 bits per heavy atom. The highest BCUT2D eigenvalue weighted by atomic mass is 16.5. The van der Waals surface area contributed by atoms with E-state index in [2.05, 4.69) is 16.5 Å². The maximum absolute atomic E-state index is 6.07. The maximum atomic E-state index is 6.07. The molecule has 1 spiro atoms. The van der Waals surface area contributed by atoms with Crippen LogP contribution in [0.15, 0.2) is 12.3 Å². The predicted octanol–water partition coefficient (Wildman–Crippen LogP) is 1.28. The molecule has 1 N–H and O–H groups in total. The first-order valence-corrected chi connectivity index (χ1v) is 7.69. The molecule has 0 radical (unpaired) electrons. The Kier molecular flexibility index (Phi) is 4.38. The number of ether oxygens (including phenoxy) is 2. The zero-order valence-electron chi connectivity index (χ0n) is 12.3. The molecule has 20 heavy (non-hydrogen) atoms. The quantitative estimate of drug-likeness (QED) is 0.902. The summed E-state index contributed by atoms with van der Waals surface area (Å²) in [6.07, 6.45) is 7.24. The lowest BCUT2D eigenvalue weighted by Gasteiger charge is -2.43. The summed E-state index contributed by atoms with van der Waals surface area (Å²) >= 11 is 0. The van der Waals surface area contributed by atoms with E-state index >= 15 is 0 Å². The highest BCUT2D eigenvalue weighted by Crippen LogP contribution is 2.34. The van der Waals surface area contributed by atoms with Crippen LogP contribution in [0, 0.1) is 0 Å². The second-order valence-electron chi connectivity index (χ2n) is 5.98. The minimum Gasteiger partial charge on any atom is -0.381 e. The molecule has 0 amide bonds. The molecule has 2 aliphatic rings. The third-order valence-electron chi connectivity index (χ3n) is 4.63. The van der Waals surface area contributed by atoms with Crippen molar-refractivity contribution in [3.8, 4) is 0 Å². The summed E-state index contributed by atoms with van der Waals surface area (Å²) in [5, 5.41) is 7.90. The summed E-state index contributed by atoms with van der Waals surface area (Å²) in [7, 11) is 2.00. The first-order chi connectivity index (χ1) is 9.77. The second kappa shape index (κ2) is 6.24. The molecule has 5 heteroatoms. The van der Waals surface area contributed by atoms with Crippen LogP contribution in [0.3, 0.4) is 0 Å². The second-order valence-corrected chi connectivity index (χ2v) is 5.98. The highest BCUT2D eigenvalue weighted by molar-refractivity contribution is 5.00. The van der Waals surface area contributed by atoms with E-state index in [9.17, 15) is 0 Å². The molecule has 1 atom stereocenters. The van der Waals surface area contributed by atoms with Crippen molar-refractivity contribution in [1.82, 2.24) is 15.1 Å². The van der Waals surface area contributed by atoms with Crippen LogP contribution in [0.2, 0.25) is 0 Å². The van der Waals surface area contributed by atoms with Gasteiger partial charge in [0.05, 0.1) is 5.60 Å². The van der Waals surface area contributed by atoms with Crippen molar-refractivity contribution < 1.29 is 9.47 Å². The molecule has 2 aliphatic heterocycles. The fourth-order valence-electron chi connectivity index (χ4n) is 3.34. The lowest BCUT2D eigenvalue weighted by Crippen LogP contribution is -2.50. The van der Waals surface area contributed by atoms with Crippen LogP contribution in [0.5, 0.6) is 0 Å². The lowest BCUT2D eigenvalue weighted by atomic mass is 9.84. The monoisotopic (exact) mass is 279 g/mol. The van der Waals surface area contributed by atoms with Crippen LogP contribution in [0.4, 0.5) is 0 Å². The third-order valence-corrected chi connectivity index (χ3v) is 4.63. The van der Waals surface area contributed by atoms with Gasteiger partial charge in [-0.1, -0.05) is 0 Å². The number of rotatable bonds is 4. The van der Waals surface area contributed by atoms with Crippen LogP contribution in [-0.2, 0) is 22.9 Å². The van der Waals surface area contributed by atoms with Gasteiger partial charge in [-0.15, -0.1) is 0 Å². The average Bonchev–Trinajstić information content (AvgIpc) is 2.86. The van der Waals surface area contributed by atoms with Gasteiger partial charge >= 0.3 is 0 Å². The number of aromatic nitrogens is 2. The fourth-order valence-corrected chi connectivity index (χ4v) is 3.34. The molecule has 0 aliphatic carbocycles. The summed E-state index contributed by atoms with van der Waals surface area (Å²) < 4.78 is 13.5. The van der Waals surface area contributed by atoms with Gasteiger partial charge in [-0.25, -0.2) is 0 Å². The van der Waals surface area contributed by atoms with Crippen LogP contribution >= 0.6 is 0 Å². The van der Waals surface area contributed by atoms with Gasteiger partial charge in [0.1, 0.15) is 0 Å². The molecular weight excluding hydrogens is 254 g/mol. The Balaban J connectivity index is 1.47. The molecule has 3 heterocycles. The number of hydrogen-bond donors (Lipinski definition) is 1. The van der Waals surface area contributed by atoms with Crippen LogP contribution in [0.1, 0.15) is 31.4 Å². The van der Waals surface area contributed by atoms with Gasteiger partial charge in [-0.05, 0) is 31.7 Å². The van der Waals surface area contributed by atoms with E-state index in [1.807, 2.05) is 17.9 Å². The van der Waals surface area contributed by atoms with Gasteiger partial charge in [0.2, 0.25) is 0 Å². The van der Waals surface area contributed by atoms with Crippen molar-refractivity contribution in [3.63, 3.8) is 0 Å². The minimum absolute atomic E-state index is 0.0840. The first-order valence-electron chi connectivity index (χ1n) is 7.69. The van der Waals surface area contributed by atoms with Crippen molar-refractivity contribution in [2.24, 2.45) is 7.05 Å². The van der Waals surface area contributed by atoms with E-state index in [-0.39, 0.29) is 5.60 Å². The number of nitrogens with zero attached hydrogens (tertiary/aromatic N) is 2. The molecule has 0 bridgehead atoms. The minimum atomic E-state index is 0.0840. The van der Waals surface area contributed by atoms with Crippen molar-refractivity contribution in [2.75, 3.05) is 26.4 Å². The summed E-state index contributed by atoms with van der Waals surface area (Å²) in [6, 6.07) is 2.67. The number of nitrogens with one attached hydrogen (secondary N) is 1. The van der Waals surface area contributed by atoms with Gasteiger partial charge in [0.15, 0.2) is 0 Å². The van der Waals surface area contributed by atoms with Crippen LogP contribution < -0.4 is 5.32 Å². The SMILES string of the molecule is Cn1nccc1CCN[C@H]1CCOC2(CCOCC2)C1. The zero-order valence-corrected chi connectivity index (χ0v) is 12.3.